The lowest BCUT2D eigenvalue weighted by Crippen LogP contribution is -2.16. The van der Waals surface area contributed by atoms with Crippen LogP contribution < -0.4 is 5.73 Å². The molecule has 0 saturated heterocycles. The molecule has 0 spiro atoms. The van der Waals surface area contributed by atoms with E-state index >= 15 is 0 Å². The smallest absolute Gasteiger partial charge is 0.0624 e. The average Bonchev–Trinajstić information content (AvgIpc) is 2.16. The lowest BCUT2D eigenvalue weighted by molar-refractivity contribution is 0.267. The van der Waals surface area contributed by atoms with Gasteiger partial charge in [-0.05, 0) is 24.5 Å². The topological polar surface area (TPSA) is 46.2 Å². The molecule has 0 aliphatic rings. The molecule has 2 heteroatoms. The highest BCUT2D eigenvalue weighted by Crippen LogP contribution is 2.18. The fraction of sp³-hybridized carbons (Fsp3) is 0.455. The Morgan fingerprint density at radius 3 is 2.69 bits per heavy atom. The first-order chi connectivity index (χ1) is 6.19. The van der Waals surface area contributed by atoms with Crippen molar-refractivity contribution in [3.05, 3.63) is 34.9 Å². The van der Waals surface area contributed by atoms with Crippen LogP contribution in [0, 0.1) is 6.92 Å². The van der Waals surface area contributed by atoms with E-state index in [2.05, 4.69) is 25.1 Å². The zero-order valence-corrected chi connectivity index (χ0v) is 8.25. The Bertz CT molecular complexity index is 283. The van der Waals surface area contributed by atoms with Gasteiger partial charge >= 0.3 is 0 Å². The molecular formula is C11H17NO. The van der Waals surface area contributed by atoms with Crippen molar-refractivity contribution < 1.29 is 5.11 Å². The normalized spacial score (nSPS) is 12.9. The Labute approximate surface area is 79.4 Å². The van der Waals surface area contributed by atoms with Crippen molar-refractivity contribution in [1.29, 1.82) is 0 Å². The van der Waals surface area contributed by atoms with Gasteiger partial charge in [0.2, 0.25) is 0 Å². The zero-order chi connectivity index (χ0) is 9.84. The van der Waals surface area contributed by atoms with Gasteiger partial charge in [0, 0.05) is 0 Å². The van der Waals surface area contributed by atoms with Crippen LogP contribution in [0.2, 0.25) is 0 Å². The monoisotopic (exact) mass is 179 g/mol. The van der Waals surface area contributed by atoms with Gasteiger partial charge in [0.1, 0.15) is 0 Å². The molecule has 0 amide bonds. The molecule has 0 fully saturated rings. The van der Waals surface area contributed by atoms with Crippen molar-refractivity contribution in [3.8, 4) is 0 Å². The first-order valence-corrected chi connectivity index (χ1v) is 4.65. The molecule has 13 heavy (non-hydrogen) atoms. The molecule has 1 unspecified atom stereocenters. The number of benzene rings is 1. The molecule has 0 aromatic heterocycles. The Balaban J connectivity index is 3.07. The summed E-state index contributed by atoms with van der Waals surface area (Å²) in [6.45, 7) is 4.14. The van der Waals surface area contributed by atoms with Gasteiger partial charge in [0.25, 0.3) is 0 Å². The summed E-state index contributed by atoms with van der Waals surface area (Å²) in [6, 6.07) is 5.97. The standard InChI is InChI=1S/C11H17NO/c1-3-9-5-4-8(2)6-10(9)11(12)7-13/h4-6,11,13H,3,7,12H2,1-2H3. The first kappa shape index (κ1) is 10.2. The second kappa shape index (κ2) is 4.40. The Morgan fingerprint density at radius 1 is 1.46 bits per heavy atom. The van der Waals surface area contributed by atoms with Gasteiger partial charge in [0.15, 0.2) is 0 Å². The summed E-state index contributed by atoms with van der Waals surface area (Å²) >= 11 is 0. The molecular weight excluding hydrogens is 162 g/mol. The minimum atomic E-state index is -0.241. The number of hydrogen-bond acceptors (Lipinski definition) is 2. The Morgan fingerprint density at radius 2 is 2.15 bits per heavy atom. The van der Waals surface area contributed by atoms with Crippen LogP contribution in [0.3, 0.4) is 0 Å². The van der Waals surface area contributed by atoms with Crippen molar-refractivity contribution >= 4 is 0 Å². The number of aliphatic hydroxyl groups excluding tert-OH is 1. The van der Waals surface area contributed by atoms with E-state index in [1.54, 1.807) is 0 Å². The fourth-order valence-corrected chi connectivity index (χ4v) is 1.48. The maximum Gasteiger partial charge on any atom is 0.0624 e. The molecule has 1 aromatic carbocycles. The third kappa shape index (κ3) is 2.29. The van der Waals surface area contributed by atoms with Crippen molar-refractivity contribution in [2.75, 3.05) is 6.61 Å². The molecule has 0 saturated carbocycles. The van der Waals surface area contributed by atoms with Crippen molar-refractivity contribution in [2.45, 2.75) is 26.3 Å². The fourth-order valence-electron chi connectivity index (χ4n) is 1.48. The van der Waals surface area contributed by atoms with E-state index in [0.717, 1.165) is 12.0 Å². The molecule has 0 heterocycles. The number of aliphatic hydroxyl groups is 1. The molecule has 1 atom stereocenters. The molecule has 0 bridgehead atoms. The van der Waals surface area contributed by atoms with Gasteiger partial charge in [-0.1, -0.05) is 30.7 Å². The van der Waals surface area contributed by atoms with E-state index < -0.39 is 0 Å². The lowest BCUT2D eigenvalue weighted by Gasteiger charge is -2.14. The SMILES string of the molecule is CCc1ccc(C)cc1C(N)CO. The third-order valence-corrected chi connectivity index (χ3v) is 2.28. The van der Waals surface area contributed by atoms with E-state index in [0.29, 0.717) is 0 Å². The predicted octanol–water partition coefficient (Wildman–Crippen LogP) is 1.55. The van der Waals surface area contributed by atoms with Crippen LogP contribution in [0.1, 0.15) is 29.7 Å². The average molecular weight is 179 g/mol. The van der Waals surface area contributed by atoms with Gasteiger partial charge in [-0.25, -0.2) is 0 Å². The second-order valence-electron chi connectivity index (χ2n) is 3.34. The number of hydrogen-bond donors (Lipinski definition) is 2. The Hall–Kier alpha value is -0.860. The van der Waals surface area contributed by atoms with Crippen LogP contribution in [-0.4, -0.2) is 11.7 Å². The Kier molecular flexibility index (Phi) is 3.46. The molecule has 3 N–H and O–H groups in total. The molecule has 1 aromatic rings. The van der Waals surface area contributed by atoms with Crippen LogP contribution in [0.4, 0.5) is 0 Å². The van der Waals surface area contributed by atoms with Crippen molar-refractivity contribution in [2.24, 2.45) is 5.73 Å². The van der Waals surface area contributed by atoms with E-state index in [4.69, 9.17) is 10.8 Å². The molecule has 2 nitrogen and oxygen atoms in total. The highest BCUT2D eigenvalue weighted by molar-refractivity contribution is 5.33. The number of rotatable bonds is 3. The summed E-state index contributed by atoms with van der Waals surface area (Å²) < 4.78 is 0. The number of aryl methyl sites for hydroxylation is 2. The summed E-state index contributed by atoms with van der Waals surface area (Å²) in [5.41, 5.74) is 9.28. The van der Waals surface area contributed by atoms with Crippen molar-refractivity contribution in [3.63, 3.8) is 0 Å². The maximum absolute atomic E-state index is 8.97. The van der Waals surface area contributed by atoms with Gasteiger partial charge < -0.3 is 10.8 Å². The highest BCUT2D eigenvalue weighted by atomic mass is 16.3. The van der Waals surface area contributed by atoms with Crippen LogP contribution in [0.15, 0.2) is 18.2 Å². The number of nitrogens with two attached hydrogens (primary N) is 1. The highest BCUT2D eigenvalue weighted by Gasteiger charge is 2.08. The molecule has 1 rings (SSSR count). The predicted molar refractivity (Wildman–Crippen MR) is 54.6 cm³/mol. The molecule has 72 valence electrons. The minimum Gasteiger partial charge on any atom is -0.394 e. The lowest BCUT2D eigenvalue weighted by atomic mass is 9.97. The maximum atomic E-state index is 8.97. The largest absolute Gasteiger partial charge is 0.394 e. The van der Waals surface area contributed by atoms with Gasteiger partial charge in [-0.2, -0.15) is 0 Å². The van der Waals surface area contributed by atoms with E-state index in [9.17, 15) is 0 Å². The quantitative estimate of drug-likeness (QED) is 0.739. The summed E-state index contributed by atoms with van der Waals surface area (Å²) in [5, 5.41) is 8.97. The summed E-state index contributed by atoms with van der Waals surface area (Å²) in [5.74, 6) is 0. The van der Waals surface area contributed by atoms with Crippen LogP contribution >= 0.6 is 0 Å². The van der Waals surface area contributed by atoms with E-state index in [-0.39, 0.29) is 12.6 Å². The van der Waals surface area contributed by atoms with E-state index in [1.807, 2.05) is 6.92 Å². The van der Waals surface area contributed by atoms with Crippen molar-refractivity contribution in [1.82, 2.24) is 0 Å². The van der Waals surface area contributed by atoms with Crippen LogP contribution in [0.25, 0.3) is 0 Å². The molecule has 0 radical (unpaired) electrons. The zero-order valence-electron chi connectivity index (χ0n) is 8.25. The minimum absolute atomic E-state index is 0.0104. The van der Waals surface area contributed by atoms with E-state index in [1.165, 1.54) is 11.1 Å². The summed E-state index contributed by atoms with van der Waals surface area (Å²) in [4.78, 5) is 0. The second-order valence-corrected chi connectivity index (χ2v) is 3.34. The first-order valence-electron chi connectivity index (χ1n) is 4.65. The third-order valence-electron chi connectivity index (χ3n) is 2.28. The molecule has 0 aliphatic heterocycles. The molecule has 0 aliphatic carbocycles. The van der Waals surface area contributed by atoms with Gasteiger partial charge in [0.05, 0.1) is 12.6 Å². The summed E-state index contributed by atoms with van der Waals surface area (Å²) in [7, 11) is 0. The van der Waals surface area contributed by atoms with Gasteiger partial charge in [-0.15, -0.1) is 0 Å². The van der Waals surface area contributed by atoms with Crippen LogP contribution in [-0.2, 0) is 6.42 Å². The van der Waals surface area contributed by atoms with Crippen LogP contribution in [0.5, 0.6) is 0 Å². The van der Waals surface area contributed by atoms with Gasteiger partial charge in [-0.3, -0.25) is 0 Å². The summed E-state index contributed by atoms with van der Waals surface area (Å²) in [6.07, 6.45) is 0.962.